The number of nitrogens with zero attached hydrogens (tertiary/aromatic N) is 1. The van der Waals surface area contributed by atoms with Crippen molar-refractivity contribution in [3.8, 4) is 11.5 Å². The molecule has 3 aromatic rings. The second-order valence-electron chi connectivity index (χ2n) is 9.81. The molecule has 1 fully saturated rings. The van der Waals surface area contributed by atoms with Gasteiger partial charge >= 0.3 is 6.36 Å². The lowest BCUT2D eigenvalue weighted by molar-refractivity contribution is -0.274. The summed E-state index contributed by atoms with van der Waals surface area (Å²) in [5.74, 6) is -1.96. The first-order chi connectivity index (χ1) is 18.4. The Labute approximate surface area is 224 Å². The number of benzene rings is 3. The van der Waals surface area contributed by atoms with Crippen molar-refractivity contribution in [2.45, 2.75) is 40.1 Å². The lowest BCUT2D eigenvalue weighted by Gasteiger charge is -2.26. The third kappa shape index (κ3) is 6.08. The Kier molecular flexibility index (Phi) is 7.72. The third-order valence-electron chi connectivity index (χ3n) is 6.15. The van der Waals surface area contributed by atoms with Gasteiger partial charge < -0.3 is 14.6 Å². The number of ketones is 1. The van der Waals surface area contributed by atoms with Gasteiger partial charge in [0.05, 0.1) is 18.2 Å². The molecule has 0 spiro atoms. The van der Waals surface area contributed by atoms with E-state index in [1.165, 1.54) is 12.1 Å². The molecule has 1 amide bonds. The van der Waals surface area contributed by atoms with Gasteiger partial charge in [0.1, 0.15) is 17.3 Å². The van der Waals surface area contributed by atoms with Crippen LogP contribution in [0.4, 0.5) is 18.9 Å². The average molecular weight is 540 g/mol. The average Bonchev–Trinajstić information content (AvgIpc) is 3.12. The summed E-state index contributed by atoms with van der Waals surface area (Å²) in [5.41, 5.74) is 2.19. The lowest BCUT2D eigenvalue weighted by atomic mass is 9.94. The van der Waals surface area contributed by atoms with Crippen LogP contribution < -0.4 is 14.4 Å². The number of carbonyl (C=O) groups excluding carboxylic acids is 2. The van der Waals surface area contributed by atoms with Crippen LogP contribution in [0, 0.1) is 19.8 Å². The number of carbonyl (C=O) groups is 2. The Morgan fingerprint density at radius 2 is 1.72 bits per heavy atom. The minimum Gasteiger partial charge on any atom is -0.507 e. The van der Waals surface area contributed by atoms with E-state index in [0.29, 0.717) is 29.4 Å². The number of alkyl halides is 3. The van der Waals surface area contributed by atoms with Crippen LogP contribution in [-0.4, -0.2) is 29.8 Å². The van der Waals surface area contributed by atoms with Gasteiger partial charge in [0.25, 0.3) is 11.7 Å². The molecule has 0 bridgehead atoms. The summed E-state index contributed by atoms with van der Waals surface area (Å²) < 4.78 is 48.5. The normalized spacial score (nSPS) is 17.1. The molecule has 0 aromatic heterocycles. The predicted molar refractivity (Wildman–Crippen MR) is 141 cm³/mol. The summed E-state index contributed by atoms with van der Waals surface area (Å²) in [6, 6.07) is 15.7. The minimum atomic E-state index is -4.94. The van der Waals surface area contributed by atoms with Crippen LogP contribution in [0.5, 0.6) is 11.5 Å². The van der Waals surface area contributed by atoms with Crippen LogP contribution in [0.3, 0.4) is 0 Å². The number of amides is 1. The number of hydrogen-bond donors (Lipinski definition) is 1. The fourth-order valence-corrected chi connectivity index (χ4v) is 4.46. The van der Waals surface area contributed by atoms with Crippen molar-refractivity contribution in [2.75, 3.05) is 11.5 Å². The Morgan fingerprint density at radius 3 is 2.36 bits per heavy atom. The Bertz CT molecular complexity index is 1440. The van der Waals surface area contributed by atoms with E-state index < -0.39 is 35.6 Å². The fourth-order valence-electron chi connectivity index (χ4n) is 4.46. The number of aliphatic hydroxyl groups is 1. The molecule has 1 aliphatic rings. The molecule has 1 N–H and O–H groups in total. The number of aryl methyl sites for hydroxylation is 2. The summed E-state index contributed by atoms with van der Waals surface area (Å²) >= 11 is 0. The summed E-state index contributed by atoms with van der Waals surface area (Å²) in [7, 11) is 0. The fraction of sp³-hybridized carbons (Fsp3) is 0.267. The molecule has 0 aliphatic carbocycles. The summed E-state index contributed by atoms with van der Waals surface area (Å²) in [4.78, 5) is 27.8. The highest BCUT2D eigenvalue weighted by molar-refractivity contribution is 6.51. The molecule has 4 rings (SSSR count). The molecule has 1 atom stereocenters. The summed E-state index contributed by atoms with van der Waals surface area (Å²) in [6.45, 7) is 8.17. The van der Waals surface area contributed by atoms with Gasteiger partial charge in [0.2, 0.25) is 0 Å². The molecule has 1 unspecified atom stereocenters. The van der Waals surface area contributed by atoms with Crippen LogP contribution in [0.1, 0.15) is 42.1 Å². The highest BCUT2D eigenvalue weighted by Crippen LogP contribution is 2.43. The maximum Gasteiger partial charge on any atom is 0.573 e. The second kappa shape index (κ2) is 10.8. The first-order valence-corrected chi connectivity index (χ1v) is 12.3. The van der Waals surface area contributed by atoms with Crippen LogP contribution in [0.25, 0.3) is 5.76 Å². The van der Waals surface area contributed by atoms with Crippen LogP contribution in [-0.2, 0) is 9.59 Å². The number of anilines is 1. The Hall–Kier alpha value is -4.27. The zero-order valence-electron chi connectivity index (χ0n) is 21.9. The van der Waals surface area contributed by atoms with Crippen molar-refractivity contribution in [1.29, 1.82) is 0 Å². The summed E-state index contributed by atoms with van der Waals surface area (Å²) in [5, 5.41) is 11.4. The molecule has 3 aromatic carbocycles. The van der Waals surface area contributed by atoms with Crippen molar-refractivity contribution >= 4 is 23.1 Å². The molecule has 6 nitrogen and oxygen atoms in total. The van der Waals surface area contributed by atoms with Crippen LogP contribution in [0.2, 0.25) is 0 Å². The van der Waals surface area contributed by atoms with Crippen molar-refractivity contribution in [1.82, 2.24) is 0 Å². The molecule has 9 heteroatoms. The van der Waals surface area contributed by atoms with Gasteiger partial charge in [-0.3, -0.25) is 14.5 Å². The number of Topliss-reactive ketones (excluding diaryl/α,β-unsaturated/α-hetero) is 1. The van der Waals surface area contributed by atoms with E-state index in [9.17, 15) is 27.9 Å². The van der Waals surface area contributed by atoms with Crippen molar-refractivity contribution in [3.63, 3.8) is 0 Å². The summed E-state index contributed by atoms with van der Waals surface area (Å²) in [6.07, 6.45) is -4.94. The van der Waals surface area contributed by atoms with E-state index in [0.717, 1.165) is 28.2 Å². The smallest absolute Gasteiger partial charge is 0.507 e. The number of halogens is 3. The zero-order chi connectivity index (χ0) is 28.5. The van der Waals surface area contributed by atoms with E-state index in [2.05, 4.69) is 4.74 Å². The van der Waals surface area contributed by atoms with Crippen LogP contribution in [0.15, 0.2) is 72.3 Å². The maximum atomic E-state index is 13.4. The monoisotopic (exact) mass is 539 g/mol. The first-order valence-electron chi connectivity index (χ1n) is 12.3. The maximum absolute atomic E-state index is 13.4. The molecular formula is C30H28F3NO5. The zero-order valence-corrected chi connectivity index (χ0v) is 21.9. The Balaban J connectivity index is 1.85. The van der Waals surface area contributed by atoms with Gasteiger partial charge in [-0.2, -0.15) is 0 Å². The van der Waals surface area contributed by atoms with Gasteiger partial charge in [-0.15, -0.1) is 13.2 Å². The van der Waals surface area contributed by atoms with E-state index in [4.69, 9.17) is 4.74 Å². The minimum absolute atomic E-state index is 0.0121. The highest BCUT2D eigenvalue weighted by Gasteiger charge is 2.47. The van der Waals surface area contributed by atoms with Gasteiger partial charge in [0.15, 0.2) is 0 Å². The molecule has 204 valence electrons. The number of ether oxygens (including phenoxy) is 2. The molecule has 0 saturated carbocycles. The lowest BCUT2D eigenvalue weighted by Crippen LogP contribution is -2.29. The van der Waals surface area contributed by atoms with Gasteiger partial charge in [-0.1, -0.05) is 49.7 Å². The SMILES string of the molecule is Cc1cccc(C2/C(=C(\O)c3ccc(OCC(C)C)c(C)c3)C(=O)C(=O)N2c2cccc(OC(F)(F)F)c2)c1. The van der Waals surface area contributed by atoms with Crippen LogP contribution >= 0.6 is 0 Å². The quantitative estimate of drug-likeness (QED) is 0.202. The third-order valence-corrected chi connectivity index (χ3v) is 6.15. The highest BCUT2D eigenvalue weighted by atomic mass is 19.4. The molecule has 39 heavy (non-hydrogen) atoms. The largest absolute Gasteiger partial charge is 0.573 e. The Morgan fingerprint density at radius 1 is 1.00 bits per heavy atom. The van der Waals surface area contributed by atoms with E-state index in [1.807, 2.05) is 26.8 Å². The number of hydrogen-bond acceptors (Lipinski definition) is 5. The van der Waals surface area contributed by atoms with Gasteiger partial charge in [-0.25, -0.2) is 0 Å². The predicted octanol–water partition coefficient (Wildman–Crippen LogP) is 6.86. The molecule has 1 saturated heterocycles. The number of rotatable bonds is 7. The van der Waals surface area contributed by atoms with Crippen molar-refractivity contribution < 1.29 is 37.3 Å². The van der Waals surface area contributed by atoms with E-state index >= 15 is 0 Å². The first kappa shape index (κ1) is 27.8. The van der Waals surface area contributed by atoms with E-state index in [-0.39, 0.29) is 11.3 Å². The van der Waals surface area contributed by atoms with Gasteiger partial charge in [0, 0.05) is 17.3 Å². The molecule has 1 aliphatic heterocycles. The second-order valence-corrected chi connectivity index (χ2v) is 9.81. The number of aliphatic hydroxyl groups excluding tert-OH is 1. The van der Waals surface area contributed by atoms with Crippen molar-refractivity contribution in [2.24, 2.45) is 5.92 Å². The topological polar surface area (TPSA) is 76.1 Å². The standard InChI is InChI=1S/C30H28F3NO5/c1-17(2)16-38-24-12-11-21(14-19(24)4)27(35)25-26(20-8-5-7-18(3)13-20)34(29(37)28(25)36)22-9-6-10-23(15-22)39-30(31,32)33/h5-15,17,26,35H,16H2,1-4H3/b27-25+. The van der Waals surface area contributed by atoms with E-state index in [1.54, 1.807) is 43.3 Å². The van der Waals surface area contributed by atoms with Crippen molar-refractivity contribution in [3.05, 3.63) is 94.6 Å². The molecular weight excluding hydrogens is 511 g/mol. The molecule has 0 radical (unpaired) electrons. The molecule has 1 heterocycles. The van der Waals surface area contributed by atoms with Gasteiger partial charge in [-0.05, 0) is 61.2 Å².